The maximum atomic E-state index is 10.7. The first-order chi connectivity index (χ1) is 11.5. The molecule has 6 nitrogen and oxygen atoms in total. The van der Waals surface area contributed by atoms with E-state index in [4.69, 9.17) is 0 Å². The van der Waals surface area contributed by atoms with Crippen molar-refractivity contribution in [3.63, 3.8) is 0 Å². The minimum atomic E-state index is -0.371. The van der Waals surface area contributed by atoms with Crippen molar-refractivity contribution in [1.82, 2.24) is 14.7 Å². The summed E-state index contributed by atoms with van der Waals surface area (Å²) in [4.78, 5) is 12.5. The van der Waals surface area contributed by atoms with Crippen LogP contribution in [-0.4, -0.2) is 33.2 Å². The fourth-order valence-corrected chi connectivity index (χ4v) is 2.81. The van der Waals surface area contributed by atoms with Crippen molar-refractivity contribution in [3.8, 4) is 0 Å². The van der Waals surface area contributed by atoms with E-state index in [0.29, 0.717) is 0 Å². The third-order valence-electron chi connectivity index (χ3n) is 4.19. The molecule has 0 fully saturated rings. The Bertz CT molecular complexity index is 855. The van der Waals surface area contributed by atoms with Gasteiger partial charge in [0.1, 0.15) is 0 Å². The second-order valence-electron chi connectivity index (χ2n) is 6.07. The first kappa shape index (κ1) is 16.1. The highest BCUT2D eigenvalue weighted by atomic mass is 16.6. The molecule has 24 heavy (non-hydrogen) atoms. The number of rotatable bonds is 6. The predicted molar refractivity (Wildman–Crippen MR) is 93.8 cm³/mol. The van der Waals surface area contributed by atoms with Crippen molar-refractivity contribution < 1.29 is 4.92 Å². The van der Waals surface area contributed by atoms with Gasteiger partial charge in [0, 0.05) is 37.7 Å². The topological polar surface area (TPSA) is 64.2 Å². The fraction of sp³-hybridized carbons (Fsp3) is 0.278. The van der Waals surface area contributed by atoms with Crippen LogP contribution in [0.4, 0.5) is 5.69 Å². The molecule has 0 aliphatic carbocycles. The average Bonchev–Trinajstić information content (AvgIpc) is 2.94. The Morgan fingerprint density at radius 3 is 2.58 bits per heavy atom. The molecule has 0 aliphatic heterocycles. The van der Waals surface area contributed by atoms with Gasteiger partial charge < -0.3 is 4.90 Å². The Morgan fingerprint density at radius 1 is 1.17 bits per heavy atom. The normalized spacial score (nSPS) is 11.3. The van der Waals surface area contributed by atoms with E-state index >= 15 is 0 Å². The summed E-state index contributed by atoms with van der Waals surface area (Å²) in [5.74, 6) is 0. The first-order valence-electron chi connectivity index (χ1n) is 7.85. The van der Waals surface area contributed by atoms with E-state index in [9.17, 15) is 10.1 Å². The maximum Gasteiger partial charge on any atom is 0.269 e. The third-order valence-corrected chi connectivity index (χ3v) is 4.19. The number of nitrogens with zero attached hydrogens (tertiary/aromatic N) is 4. The van der Waals surface area contributed by atoms with Crippen LogP contribution in [0.5, 0.6) is 0 Å². The SMILES string of the molecule is CN(CCc1ccc([N+](=O)[O-])cc1)Cc1ccc2c(cnn2C)c1. The zero-order valence-corrected chi connectivity index (χ0v) is 13.8. The van der Waals surface area contributed by atoms with Crippen LogP contribution in [0, 0.1) is 10.1 Å². The van der Waals surface area contributed by atoms with Crippen molar-refractivity contribution in [2.75, 3.05) is 13.6 Å². The monoisotopic (exact) mass is 324 g/mol. The number of non-ortho nitro benzene ring substituents is 1. The van der Waals surface area contributed by atoms with E-state index in [1.54, 1.807) is 12.1 Å². The molecule has 0 amide bonds. The molecular formula is C18H20N4O2. The average molecular weight is 324 g/mol. The number of likely N-dealkylation sites (N-methyl/N-ethyl adjacent to an activating group) is 1. The van der Waals surface area contributed by atoms with Crippen LogP contribution in [0.3, 0.4) is 0 Å². The number of aryl methyl sites for hydroxylation is 1. The summed E-state index contributed by atoms with van der Waals surface area (Å²) in [5.41, 5.74) is 3.63. The second kappa shape index (κ2) is 6.80. The molecule has 0 saturated heterocycles. The van der Waals surface area contributed by atoms with Gasteiger partial charge in [0.25, 0.3) is 5.69 Å². The molecule has 3 rings (SSSR count). The second-order valence-corrected chi connectivity index (χ2v) is 6.07. The molecule has 0 bridgehead atoms. The van der Waals surface area contributed by atoms with Gasteiger partial charge in [-0.1, -0.05) is 18.2 Å². The van der Waals surface area contributed by atoms with Crippen molar-refractivity contribution in [1.29, 1.82) is 0 Å². The van der Waals surface area contributed by atoms with E-state index in [1.807, 2.05) is 30.1 Å². The van der Waals surface area contributed by atoms with E-state index in [-0.39, 0.29) is 10.6 Å². The van der Waals surface area contributed by atoms with Gasteiger partial charge in [0.2, 0.25) is 0 Å². The molecule has 2 aromatic carbocycles. The molecule has 0 aliphatic rings. The van der Waals surface area contributed by atoms with Crippen molar-refractivity contribution in [2.24, 2.45) is 7.05 Å². The zero-order chi connectivity index (χ0) is 17.1. The van der Waals surface area contributed by atoms with E-state index < -0.39 is 0 Å². The van der Waals surface area contributed by atoms with Gasteiger partial charge in [-0.05, 0) is 36.7 Å². The molecule has 0 N–H and O–H groups in total. The summed E-state index contributed by atoms with van der Waals surface area (Å²) < 4.78 is 1.87. The zero-order valence-electron chi connectivity index (χ0n) is 13.8. The highest BCUT2D eigenvalue weighted by Gasteiger charge is 2.06. The Labute approximate surface area is 140 Å². The third kappa shape index (κ3) is 3.60. The summed E-state index contributed by atoms with van der Waals surface area (Å²) in [7, 11) is 4.02. The van der Waals surface area contributed by atoms with Crippen LogP contribution in [0.15, 0.2) is 48.7 Å². The van der Waals surface area contributed by atoms with Crippen molar-refractivity contribution in [3.05, 3.63) is 69.9 Å². The molecule has 1 heterocycles. The lowest BCUT2D eigenvalue weighted by molar-refractivity contribution is -0.384. The molecular weight excluding hydrogens is 304 g/mol. The lowest BCUT2D eigenvalue weighted by atomic mass is 10.1. The van der Waals surface area contributed by atoms with Gasteiger partial charge >= 0.3 is 0 Å². The van der Waals surface area contributed by atoms with Crippen LogP contribution in [-0.2, 0) is 20.0 Å². The quantitative estimate of drug-likeness (QED) is 0.516. The Balaban J connectivity index is 1.58. The summed E-state index contributed by atoms with van der Waals surface area (Å²) in [6.45, 7) is 1.75. The van der Waals surface area contributed by atoms with Crippen molar-refractivity contribution >= 4 is 16.6 Å². The highest BCUT2D eigenvalue weighted by Crippen LogP contribution is 2.16. The highest BCUT2D eigenvalue weighted by molar-refractivity contribution is 5.79. The van der Waals surface area contributed by atoms with Crippen LogP contribution in [0.25, 0.3) is 10.9 Å². The molecule has 0 radical (unpaired) electrons. The fourth-order valence-electron chi connectivity index (χ4n) is 2.81. The van der Waals surface area contributed by atoms with E-state index in [1.165, 1.54) is 5.56 Å². The molecule has 0 atom stereocenters. The molecule has 0 saturated carbocycles. The molecule has 0 unspecified atom stereocenters. The minimum Gasteiger partial charge on any atom is -0.302 e. The van der Waals surface area contributed by atoms with Gasteiger partial charge in [-0.25, -0.2) is 0 Å². The molecule has 6 heteroatoms. The van der Waals surface area contributed by atoms with Crippen LogP contribution in [0.2, 0.25) is 0 Å². The minimum absolute atomic E-state index is 0.136. The van der Waals surface area contributed by atoms with Gasteiger partial charge in [-0.2, -0.15) is 5.10 Å². The van der Waals surface area contributed by atoms with E-state index in [2.05, 4.69) is 35.2 Å². The van der Waals surface area contributed by atoms with Gasteiger partial charge in [0.05, 0.1) is 16.6 Å². The molecule has 124 valence electrons. The van der Waals surface area contributed by atoms with Crippen LogP contribution < -0.4 is 0 Å². The largest absolute Gasteiger partial charge is 0.302 e. The Kier molecular flexibility index (Phi) is 4.57. The first-order valence-corrected chi connectivity index (χ1v) is 7.85. The molecule has 1 aromatic heterocycles. The summed E-state index contributed by atoms with van der Waals surface area (Å²) in [6, 6.07) is 13.2. The summed E-state index contributed by atoms with van der Waals surface area (Å²) in [5, 5.41) is 16.1. The molecule has 0 spiro atoms. The van der Waals surface area contributed by atoms with Gasteiger partial charge in [-0.15, -0.1) is 0 Å². The van der Waals surface area contributed by atoms with Crippen molar-refractivity contribution in [2.45, 2.75) is 13.0 Å². The van der Waals surface area contributed by atoms with Crippen LogP contribution in [0.1, 0.15) is 11.1 Å². The number of benzene rings is 2. The smallest absolute Gasteiger partial charge is 0.269 e. The molecule has 3 aromatic rings. The Hall–Kier alpha value is -2.73. The summed E-state index contributed by atoms with van der Waals surface area (Å²) in [6.07, 6.45) is 2.75. The lowest BCUT2D eigenvalue weighted by Crippen LogP contribution is -2.20. The number of fused-ring (bicyclic) bond motifs is 1. The number of aromatic nitrogens is 2. The Morgan fingerprint density at radius 2 is 1.88 bits per heavy atom. The van der Waals surface area contributed by atoms with E-state index in [0.717, 1.165) is 36.0 Å². The van der Waals surface area contributed by atoms with Gasteiger partial charge in [0.15, 0.2) is 0 Å². The number of hydrogen-bond donors (Lipinski definition) is 0. The standard InChI is InChI=1S/C18H20N4O2/c1-20(10-9-14-3-6-17(7-4-14)22(23)24)13-15-5-8-18-16(11-15)12-19-21(18)2/h3-8,11-12H,9-10,13H2,1-2H3. The predicted octanol–water partition coefficient (Wildman–Crippen LogP) is 3.16. The lowest BCUT2D eigenvalue weighted by Gasteiger charge is -2.16. The number of hydrogen-bond acceptors (Lipinski definition) is 4. The summed E-state index contributed by atoms with van der Waals surface area (Å²) >= 11 is 0. The van der Waals surface area contributed by atoms with Crippen LogP contribution >= 0.6 is 0 Å². The van der Waals surface area contributed by atoms with Gasteiger partial charge in [-0.3, -0.25) is 14.8 Å². The maximum absolute atomic E-state index is 10.7. The number of nitro groups is 1. The number of nitro benzene ring substituents is 1.